The third kappa shape index (κ3) is 2.13. The van der Waals surface area contributed by atoms with Gasteiger partial charge in [0, 0.05) is 5.25 Å². The first kappa shape index (κ1) is 7.89. The van der Waals surface area contributed by atoms with E-state index in [1.54, 1.807) is 11.8 Å². The van der Waals surface area contributed by atoms with E-state index in [1.165, 1.54) is 22.8 Å². The number of thioether (sulfide) groups is 2. The van der Waals surface area contributed by atoms with Gasteiger partial charge in [-0.05, 0) is 24.9 Å². The zero-order chi connectivity index (χ0) is 6.69. The molecule has 0 spiro atoms. The molecule has 1 heterocycles. The molecule has 0 amide bonds. The standard InChI is InChI=1S/C6H10S3/c1-8-6(7)5-3-2-4-9-5/h5H,2-4H2,1H3. The summed E-state index contributed by atoms with van der Waals surface area (Å²) in [6.45, 7) is 0. The van der Waals surface area contributed by atoms with Crippen LogP contribution >= 0.6 is 35.7 Å². The van der Waals surface area contributed by atoms with E-state index in [-0.39, 0.29) is 0 Å². The lowest BCUT2D eigenvalue weighted by Crippen LogP contribution is -2.05. The quantitative estimate of drug-likeness (QED) is 0.566. The molecule has 0 saturated carbocycles. The van der Waals surface area contributed by atoms with Gasteiger partial charge in [-0.15, -0.1) is 11.8 Å². The minimum Gasteiger partial charge on any atom is -0.152 e. The van der Waals surface area contributed by atoms with Crippen molar-refractivity contribution in [2.24, 2.45) is 0 Å². The van der Waals surface area contributed by atoms with Crippen LogP contribution in [0.1, 0.15) is 12.8 Å². The summed E-state index contributed by atoms with van der Waals surface area (Å²) >= 11 is 8.90. The Hall–Kier alpha value is 0.790. The van der Waals surface area contributed by atoms with E-state index in [2.05, 4.69) is 6.26 Å². The molecule has 9 heavy (non-hydrogen) atoms. The molecule has 0 aromatic heterocycles. The molecule has 52 valence electrons. The molecule has 1 unspecified atom stereocenters. The van der Waals surface area contributed by atoms with Crippen LogP contribution in [0.25, 0.3) is 0 Å². The van der Waals surface area contributed by atoms with Crippen LogP contribution in [-0.2, 0) is 0 Å². The van der Waals surface area contributed by atoms with Crippen LogP contribution in [0.3, 0.4) is 0 Å². The molecule has 0 bridgehead atoms. The third-order valence-corrected chi connectivity index (χ3v) is 4.56. The van der Waals surface area contributed by atoms with Crippen LogP contribution in [0, 0.1) is 0 Å². The molecule has 1 aliphatic rings. The van der Waals surface area contributed by atoms with E-state index in [9.17, 15) is 0 Å². The van der Waals surface area contributed by atoms with Gasteiger partial charge >= 0.3 is 0 Å². The molecule has 1 rings (SSSR count). The zero-order valence-electron chi connectivity index (χ0n) is 5.42. The monoisotopic (exact) mass is 178 g/mol. The molecule has 0 radical (unpaired) electrons. The number of hydrogen-bond acceptors (Lipinski definition) is 3. The second-order valence-corrected chi connectivity index (χ2v) is 4.88. The predicted molar refractivity (Wildman–Crippen MR) is 51.6 cm³/mol. The average molecular weight is 178 g/mol. The Morgan fingerprint density at radius 1 is 1.78 bits per heavy atom. The van der Waals surface area contributed by atoms with Gasteiger partial charge in [-0.2, -0.15) is 11.8 Å². The van der Waals surface area contributed by atoms with Crippen molar-refractivity contribution < 1.29 is 0 Å². The van der Waals surface area contributed by atoms with Crippen molar-refractivity contribution in [3.05, 3.63) is 0 Å². The molecule has 1 atom stereocenters. The maximum atomic E-state index is 5.16. The minimum atomic E-state index is 0.690. The first-order chi connectivity index (χ1) is 4.34. The fourth-order valence-electron chi connectivity index (χ4n) is 0.895. The molecule has 3 heteroatoms. The Bertz CT molecular complexity index is 105. The van der Waals surface area contributed by atoms with Gasteiger partial charge in [-0.25, -0.2) is 0 Å². The Morgan fingerprint density at radius 3 is 3.00 bits per heavy atom. The number of hydrogen-bond donors (Lipinski definition) is 0. The Morgan fingerprint density at radius 2 is 2.56 bits per heavy atom. The molecule has 1 aliphatic heterocycles. The zero-order valence-corrected chi connectivity index (χ0v) is 7.87. The van der Waals surface area contributed by atoms with Crippen molar-refractivity contribution >= 4 is 39.9 Å². The number of rotatable bonds is 1. The Labute approximate surface area is 70.2 Å². The normalized spacial score (nSPS) is 26.6. The van der Waals surface area contributed by atoms with E-state index in [0.717, 1.165) is 0 Å². The molecule has 0 aromatic rings. The fraction of sp³-hybridized carbons (Fsp3) is 0.833. The van der Waals surface area contributed by atoms with Gasteiger partial charge in [0.2, 0.25) is 0 Å². The Balaban J connectivity index is 2.32. The maximum Gasteiger partial charge on any atom is 0.0606 e. The molecule has 1 saturated heterocycles. The van der Waals surface area contributed by atoms with Crippen molar-refractivity contribution in [2.45, 2.75) is 18.1 Å². The summed E-state index contributed by atoms with van der Waals surface area (Å²) in [6.07, 6.45) is 4.74. The molecule has 0 aromatic carbocycles. The van der Waals surface area contributed by atoms with Crippen LogP contribution in [0.2, 0.25) is 0 Å². The van der Waals surface area contributed by atoms with Gasteiger partial charge in [0.05, 0.1) is 4.20 Å². The second-order valence-electron chi connectivity index (χ2n) is 2.02. The highest BCUT2D eigenvalue weighted by molar-refractivity contribution is 8.24. The van der Waals surface area contributed by atoms with Gasteiger partial charge in [-0.3, -0.25) is 0 Å². The lowest BCUT2D eigenvalue weighted by molar-refractivity contribution is 0.910. The van der Waals surface area contributed by atoms with Gasteiger partial charge in [0.1, 0.15) is 0 Å². The summed E-state index contributed by atoms with van der Waals surface area (Å²) in [5.41, 5.74) is 0. The second kappa shape index (κ2) is 3.84. The van der Waals surface area contributed by atoms with Crippen molar-refractivity contribution in [3.63, 3.8) is 0 Å². The van der Waals surface area contributed by atoms with Crippen molar-refractivity contribution in [3.8, 4) is 0 Å². The van der Waals surface area contributed by atoms with Gasteiger partial charge in [0.25, 0.3) is 0 Å². The third-order valence-electron chi connectivity index (χ3n) is 1.39. The van der Waals surface area contributed by atoms with Gasteiger partial charge < -0.3 is 0 Å². The van der Waals surface area contributed by atoms with Crippen LogP contribution in [-0.4, -0.2) is 21.5 Å². The predicted octanol–water partition coefficient (Wildman–Crippen LogP) is 2.57. The van der Waals surface area contributed by atoms with Crippen LogP contribution in [0.4, 0.5) is 0 Å². The van der Waals surface area contributed by atoms with E-state index >= 15 is 0 Å². The Kier molecular flexibility index (Phi) is 3.37. The summed E-state index contributed by atoms with van der Waals surface area (Å²) in [5, 5.41) is 0.690. The minimum absolute atomic E-state index is 0.690. The first-order valence-electron chi connectivity index (χ1n) is 3.04. The summed E-state index contributed by atoms with van der Waals surface area (Å²) in [6, 6.07) is 0. The number of thiocarbonyl (C=S) groups is 1. The molecule has 0 aliphatic carbocycles. The SMILES string of the molecule is CSC(=S)C1CCCS1. The summed E-state index contributed by atoms with van der Waals surface area (Å²) < 4.78 is 1.19. The lowest BCUT2D eigenvalue weighted by atomic mass is 10.3. The molecule has 0 nitrogen and oxygen atoms in total. The van der Waals surface area contributed by atoms with Crippen molar-refractivity contribution in [1.29, 1.82) is 0 Å². The highest BCUT2D eigenvalue weighted by Crippen LogP contribution is 2.30. The van der Waals surface area contributed by atoms with E-state index in [4.69, 9.17) is 12.2 Å². The van der Waals surface area contributed by atoms with Gasteiger partial charge in [0.15, 0.2) is 0 Å². The topological polar surface area (TPSA) is 0 Å². The molecule has 0 N–H and O–H groups in total. The van der Waals surface area contributed by atoms with E-state index in [0.29, 0.717) is 5.25 Å². The lowest BCUT2D eigenvalue weighted by Gasteiger charge is -2.05. The summed E-state index contributed by atoms with van der Waals surface area (Å²) in [7, 11) is 0. The fourth-order valence-corrected chi connectivity index (χ4v) is 3.18. The molecule has 1 fully saturated rings. The van der Waals surface area contributed by atoms with E-state index in [1.807, 2.05) is 11.8 Å². The summed E-state index contributed by atoms with van der Waals surface area (Å²) in [4.78, 5) is 0. The highest BCUT2D eigenvalue weighted by atomic mass is 32.2. The maximum absolute atomic E-state index is 5.16. The molecular weight excluding hydrogens is 168 g/mol. The van der Waals surface area contributed by atoms with Crippen molar-refractivity contribution in [1.82, 2.24) is 0 Å². The molecular formula is C6H10S3. The van der Waals surface area contributed by atoms with Crippen LogP contribution in [0.5, 0.6) is 0 Å². The smallest absolute Gasteiger partial charge is 0.0606 e. The van der Waals surface area contributed by atoms with Crippen molar-refractivity contribution in [2.75, 3.05) is 12.0 Å². The first-order valence-corrected chi connectivity index (χ1v) is 5.72. The average Bonchev–Trinajstić information content (AvgIpc) is 2.37. The van der Waals surface area contributed by atoms with E-state index < -0.39 is 0 Å². The van der Waals surface area contributed by atoms with Crippen LogP contribution in [0.15, 0.2) is 0 Å². The largest absolute Gasteiger partial charge is 0.152 e. The summed E-state index contributed by atoms with van der Waals surface area (Å²) in [5.74, 6) is 1.31. The van der Waals surface area contributed by atoms with Gasteiger partial charge in [-0.1, -0.05) is 12.2 Å². The van der Waals surface area contributed by atoms with Crippen LogP contribution < -0.4 is 0 Å². The highest BCUT2D eigenvalue weighted by Gasteiger charge is 2.18.